The lowest BCUT2D eigenvalue weighted by Gasteiger charge is -2.16. The third-order valence-electron chi connectivity index (χ3n) is 3.72. The average Bonchev–Trinajstić information content (AvgIpc) is 2.83. The van der Waals surface area contributed by atoms with Crippen molar-refractivity contribution < 1.29 is 14.7 Å². The van der Waals surface area contributed by atoms with Crippen molar-refractivity contribution in [2.75, 3.05) is 11.9 Å². The number of likely N-dealkylation sites (N-methyl/N-ethyl adjacent to an activating group) is 1. The summed E-state index contributed by atoms with van der Waals surface area (Å²) in [5, 5.41) is 17.5. The summed E-state index contributed by atoms with van der Waals surface area (Å²) in [4.78, 5) is 26.8. The van der Waals surface area contributed by atoms with Crippen molar-refractivity contribution in [3.63, 3.8) is 0 Å². The molecule has 1 amide bonds. The topological polar surface area (TPSA) is 85.6 Å². The van der Waals surface area contributed by atoms with Gasteiger partial charge in [-0.25, -0.2) is 4.79 Å². The molecule has 1 aliphatic rings. The Morgan fingerprint density at radius 1 is 1.12 bits per heavy atom. The van der Waals surface area contributed by atoms with Gasteiger partial charge < -0.3 is 10.0 Å². The Bertz CT molecular complexity index is 869. The van der Waals surface area contributed by atoms with Crippen LogP contribution in [0.4, 0.5) is 11.4 Å². The van der Waals surface area contributed by atoms with E-state index >= 15 is 0 Å². The van der Waals surface area contributed by atoms with E-state index in [1.165, 1.54) is 21.9 Å². The summed E-state index contributed by atoms with van der Waals surface area (Å²) < 4.78 is 0. The molecular formula is C17H14N4O3S. The predicted molar refractivity (Wildman–Crippen MR) is 96.0 cm³/mol. The molecule has 1 saturated heterocycles. The number of carbonyl (C=O) groups excluding carboxylic acids is 1. The number of benzene rings is 2. The number of nitrogens with zero attached hydrogens (tertiary/aromatic N) is 4. The molecule has 0 aromatic heterocycles. The number of carboxylic acid groups (broad SMARTS) is 1. The number of carbonyl (C=O) groups is 2. The number of para-hydroxylation sites is 1. The zero-order valence-electron chi connectivity index (χ0n) is 13.2. The minimum Gasteiger partial charge on any atom is -0.478 e. The molecule has 1 N–H and O–H groups in total. The lowest BCUT2D eigenvalue weighted by atomic mass is 10.2. The Hall–Kier alpha value is -3.13. The van der Waals surface area contributed by atoms with Crippen LogP contribution >= 0.6 is 12.2 Å². The molecule has 0 saturated carbocycles. The van der Waals surface area contributed by atoms with Crippen LogP contribution in [-0.4, -0.2) is 40.2 Å². The molecule has 1 fully saturated rings. The van der Waals surface area contributed by atoms with Crippen LogP contribution in [0.3, 0.4) is 0 Å². The summed E-state index contributed by atoms with van der Waals surface area (Å²) in [7, 11) is 1.65. The first kappa shape index (κ1) is 16.7. The van der Waals surface area contributed by atoms with Crippen LogP contribution in [0.1, 0.15) is 10.4 Å². The molecule has 0 radical (unpaired) electrons. The number of anilines is 1. The van der Waals surface area contributed by atoms with Crippen LogP contribution in [0.2, 0.25) is 0 Å². The standard InChI is InChI=1S/C17H14N4O3S/c1-20-14(19-18-13-10-6-5-9-12(13)16(23)24)15(22)21(17(20)25)11-7-3-2-4-8-11/h2-10,14H,1H3,(H,23,24)/t14-/m1/s1. The third-order valence-corrected chi connectivity index (χ3v) is 4.20. The molecule has 0 unspecified atom stereocenters. The van der Waals surface area contributed by atoms with Crippen LogP contribution in [0.25, 0.3) is 0 Å². The lowest BCUT2D eigenvalue weighted by molar-refractivity contribution is -0.119. The van der Waals surface area contributed by atoms with Crippen LogP contribution in [-0.2, 0) is 4.79 Å². The zero-order chi connectivity index (χ0) is 18.0. The lowest BCUT2D eigenvalue weighted by Crippen LogP contribution is -2.30. The SMILES string of the molecule is CN1C(=S)N(c2ccccc2)C(=O)[C@@H]1N=Nc1ccccc1C(=O)O. The fraction of sp³-hybridized carbons (Fsp3) is 0.118. The van der Waals surface area contributed by atoms with Gasteiger partial charge >= 0.3 is 5.97 Å². The van der Waals surface area contributed by atoms with Gasteiger partial charge in [-0.15, -0.1) is 0 Å². The summed E-state index contributed by atoms with van der Waals surface area (Å²) in [5.74, 6) is -1.45. The predicted octanol–water partition coefficient (Wildman–Crippen LogP) is 3.06. The fourth-order valence-corrected chi connectivity index (χ4v) is 2.73. The second kappa shape index (κ2) is 6.78. The van der Waals surface area contributed by atoms with Crippen molar-refractivity contribution >= 4 is 40.6 Å². The van der Waals surface area contributed by atoms with Crippen molar-refractivity contribution in [2.45, 2.75) is 6.17 Å². The highest BCUT2D eigenvalue weighted by Crippen LogP contribution is 2.26. The maximum Gasteiger partial charge on any atom is 0.337 e. The zero-order valence-corrected chi connectivity index (χ0v) is 14.1. The molecule has 0 bridgehead atoms. The Labute approximate surface area is 149 Å². The van der Waals surface area contributed by atoms with E-state index in [-0.39, 0.29) is 17.2 Å². The Balaban J connectivity index is 1.90. The highest BCUT2D eigenvalue weighted by molar-refractivity contribution is 7.80. The number of hydrogen-bond donors (Lipinski definition) is 1. The molecule has 7 nitrogen and oxygen atoms in total. The Morgan fingerprint density at radius 3 is 2.44 bits per heavy atom. The second-order valence-electron chi connectivity index (χ2n) is 5.31. The normalized spacial score (nSPS) is 17.6. The number of hydrogen-bond acceptors (Lipinski definition) is 5. The molecule has 8 heteroatoms. The molecule has 0 spiro atoms. The van der Waals surface area contributed by atoms with Crippen molar-refractivity contribution in [2.24, 2.45) is 10.2 Å². The number of aromatic carboxylic acids is 1. The number of rotatable bonds is 4. The third kappa shape index (κ3) is 3.11. The van der Waals surface area contributed by atoms with Crippen molar-refractivity contribution in [3.8, 4) is 0 Å². The second-order valence-corrected chi connectivity index (χ2v) is 5.68. The molecule has 0 aliphatic carbocycles. The summed E-state index contributed by atoms with van der Waals surface area (Å²) in [6.45, 7) is 0. The highest BCUT2D eigenvalue weighted by atomic mass is 32.1. The van der Waals surface area contributed by atoms with Gasteiger partial charge in [0.25, 0.3) is 5.91 Å². The largest absolute Gasteiger partial charge is 0.478 e. The van der Waals surface area contributed by atoms with Gasteiger partial charge in [0.05, 0.1) is 16.9 Å². The van der Waals surface area contributed by atoms with Gasteiger partial charge in [-0.3, -0.25) is 9.69 Å². The van der Waals surface area contributed by atoms with Crippen molar-refractivity contribution in [1.82, 2.24) is 4.90 Å². The summed E-state index contributed by atoms with van der Waals surface area (Å²) in [6.07, 6.45) is -0.936. The van der Waals surface area contributed by atoms with E-state index < -0.39 is 12.1 Å². The first-order valence-electron chi connectivity index (χ1n) is 7.39. The van der Waals surface area contributed by atoms with E-state index in [1.807, 2.05) is 18.2 Å². The number of thiocarbonyl (C=S) groups is 1. The quantitative estimate of drug-likeness (QED) is 0.674. The summed E-state index contributed by atoms with van der Waals surface area (Å²) in [6, 6.07) is 15.2. The average molecular weight is 354 g/mol. The van der Waals surface area contributed by atoms with Gasteiger partial charge in [0.1, 0.15) is 0 Å². The van der Waals surface area contributed by atoms with Gasteiger partial charge in [0, 0.05) is 7.05 Å². The van der Waals surface area contributed by atoms with E-state index in [2.05, 4.69) is 10.2 Å². The van der Waals surface area contributed by atoms with Crippen LogP contribution in [0, 0.1) is 0 Å². The number of amides is 1. The molecule has 3 rings (SSSR count). The minimum atomic E-state index is -1.11. The van der Waals surface area contributed by atoms with E-state index in [1.54, 1.807) is 31.3 Å². The van der Waals surface area contributed by atoms with Gasteiger partial charge in [0.2, 0.25) is 6.17 Å². The molecule has 25 heavy (non-hydrogen) atoms. The van der Waals surface area contributed by atoms with Crippen LogP contribution in [0.15, 0.2) is 64.8 Å². The summed E-state index contributed by atoms with van der Waals surface area (Å²) >= 11 is 5.33. The maximum atomic E-state index is 12.7. The van der Waals surface area contributed by atoms with E-state index in [9.17, 15) is 14.7 Å². The monoisotopic (exact) mass is 354 g/mol. The minimum absolute atomic E-state index is 0.0156. The van der Waals surface area contributed by atoms with Gasteiger partial charge in [-0.2, -0.15) is 10.2 Å². The number of carboxylic acids is 1. The van der Waals surface area contributed by atoms with Gasteiger partial charge in [0.15, 0.2) is 5.11 Å². The van der Waals surface area contributed by atoms with E-state index in [4.69, 9.17) is 12.2 Å². The van der Waals surface area contributed by atoms with E-state index in [0.717, 1.165) is 0 Å². The first-order valence-corrected chi connectivity index (χ1v) is 7.80. The molecule has 2 aromatic rings. The van der Waals surface area contributed by atoms with E-state index in [0.29, 0.717) is 10.8 Å². The molecule has 1 heterocycles. The Kier molecular flexibility index (Phi) is 4.53. The first-order chi connectivity index (χ1) is 12.0. The smallest absolute Gasteiger partial charge is 0.337 e. The van der Waals surface area contributed by atoms with Crippen molar-refractivity contribution in [1.29, 1.82) is 0 Å². The molecule has 126 valence electrons. The molecular weight excluding hydrogens is 340 g/mol. The van der Waals surface area contributed by atoms with Crippen LogP contribution < -0.4 is 4.90 Å². The van der Waals surface area contributed by atoms with Crippen LogP contribution in [0.5, 0.6) is 0 Å². The van der Waals surface area contributed by atoms with Gasteiger partial charge in [-0.1, -0.05) is 30.3 Å². The Morgan fingerprint density at radius 2 is 1.76 bits per heavy atom. The van der Waals surface area contributed by atoms with Gasteiger partial charge in [-0.05, 0) is 36.5 Å². The molecule has 2 aromatic carbocycles. The van der Waals surface area contributed by atoms with Crippen molar-refractivity contribution in [3.05, 3.63) is 60.2 Å². The number of azo groups is 1. The fourth-order valence-electron chi connectivity index (χ4n) is 2.44. The summed E-state index contributed by atoms with van der Waals surface area (Å²) in [5.41, 5.74) is 0.843. The highest BCUT2D eigenvalue weighted by Gasteiger charge is 2.41. The molecule has 1 aliphatic heterocycles. The molecule has 1 atom stereocenters. The maximum absolute atomic E-state index is 12.7.